The highest BCUT2D eigenvalue weighted by atomic mass is 35.5. The van der Waals surface area contributed by atoms with Gasteiger partial charge in [0.2, 0.25) is 5.91 Å². The molecule has 1 aliphatic rings. The van der Waals surface area contributed by atoms with Crippen molar-refractivity contribution in [3.63, 3.8) is 0 Å². The molecule has 1 fully saturated rings. The number of halogens is 4. The molecule has 0 atom stereocenters. The van der Waals surface area contributed by atoms with Crippen molar-refractivity contribution in [3.8, 4) is 5.75 Å². The third kappa shape index (κ3) is 4.10. The van der Waals surface area contributed by atoms with E-state index in [2.05, 4.69) is 5.32 Å². The van der Waals surface area contributed by atoms with Crippen LogP contribution >= 0.6 is 11.6 Å². The van der Waals surface area contributed by atoms with Crippen LogP contribution in [0, 0.1) is 0 Å². The fourth-order valence-electron chi connectivity index (χ4n) is 3.39. The Labute approximate surface area is 165 Å². The fraction of sp³-hybridized carbons (Fsp3) is 0.350. The molecule has 1 aliphatic heterocycles. The Kier molecular flexibility index (Phi) is 5.86. The summed E-state index contributed by atoms with van der Waals surface area (Å²) < 4.78 is 50.0. The van der Waals surface area contributed by atoms with Crippen LogP contribution in [0.4, 0.5) is 18.9 Å². The average molecular weight is 414 g/mol. The van der Waals surface area contributed by atoms with Gasteiger partial charge in [0.25, 0.3) is 0 Å². The van der Waals surface area contributed by atoms with Gasteiger partial charge in [-0.2, -0.15) is 13.2 Å². The molecule has 2 aromatic rings. The molecule has 1 heterocycles. The molecular formula is C20H19ClF3NO3. The van der Waals surface area contributed by atoms with Crippen LogP contribution in [0.1, 0.15) is 24.0 Å². The van der Waals surface area contributed by atoms with Gasteiger partial charge in [0, 0.05) is 23.9 Å². The zero-order valence-electron chi connectivity index (χ0n) is 15.1. The van der Waals surface area contributed by atoms with E-state index in [0.717, 1.165) is 11.6 Å². The van der Waals surface area contributed by atoms with Crippen LogP contribution in [0.3, 0.4) is 0 Å². The molecular weight excluding hydrogens is 395 g/mol. The molecule has 0 radical (unpaired) electrons. The second-order valence-corrected chi connectivity index (χ2v) is 7.00. The molecule has 1 amide bonds. The van der Waals surface area contributed by atoms with Crippen LogP contribution in [-0.4, -0.2) is 26.2 Å². The van der Waals surface area contributed by atoms with Crippen molar-refractivity contribution < 1.29 is 27.4 Å². The lowest BCUT2D eigenvalue weighted by atomic mass is 9.73. The van der Waals surface area contributed by atoms with E-state index in [9.17, 15) is 18.0 Å². The van der Waals surface area contributed by atoms with Gasteiger partial charge in [-0.15, -0.1) is 0 Å². The summed E-state index contributed by atoms with van der Waals surface area (Å²) in [7, 11) is 1.17. The molecule has 0 aromatic heterocycles. The highest BCUT2D eigenvalue weighted by Crippen LogP contribution is 2.40. The summed E-state index contributed by atoms with van der Waals surface area (Å²) in [6.45, 7) is 0.763. The second kappa shape index (κ2) is 8.01. The number of amides is 1. The summed E-state index contributed by atoms with van der Waals surface area (Å²) in [5.74, 6) is -0.680. The highest BCUT2D eigenvalue weighted by Gasteiger charge is 2.42. The number of benzene rings is 2. The van der Waals surface area contributed by atoms with Crippen molar-refractivity contribution >= 4 is 23.2 Å². The maximum absolute atomic E-state index is 13.3. The maximum Gasteiger partial charge on any atom is 0.420 e. The fourth-order valence-corrected chi connectivity index (χ4v) is 3.52. The third-order valence-electron chi connectivity index (χ3n) is 4.94. The number of rotatable bonds is 4. The predicted octanol–water partition coefficient (Wildman–Crippen LogP) is 5.05. The van der Waals surface area contributed by atoms with Gasteiger partial charge in [0.1, 0.15) is 5.75 Å². The van der Waals surface area contributed by atoms with Gasteiger partial charge in [0.15, 0.2) is 0 Å². The van der Waals surface area contributed by atoms with E-state index in [-0.39, 0.29) is 17.3 Å². The SMILES string of the molecule is COc1ccc(NC(=O)C2(c3ccc(Cl)cc3)CCOCC2)cc1C(F)(F)F. The second-order valence-electron chi connectivity index (χ2n) is 6.57. The van der Waals surface area contributed by atoms with Crippen molar-refractivity contribution in [1.82, 2.24) is 0 Å². The third-order valence-corrected chi connectivity index (χ3v) is 5.19. The number of ether oxygens (including phenoxy) is 2. The van der Waals surface area contributed by atoms with Crippen LogP contribution in [0.5, 0.6) is 5.75 Å². The highest BCUT2D eigenvalue weighted by molar-refractivity contribution is 6.30. The standard InChI is InChI=1S/C20H19ClF3NO3/c1-27-17-7-6-15(12-16(17)20(22,23)24)25-18(26)19(8-10-28-11-9-19)13-2-4-14(21)5-3-13/h2-7,12H,8-11H2,1H3,(H,25,26). The number of hydrogen-bond donors (Lipinski definition) is 1. The molecule has 0 spiro atoms. The zero-order chi connectivity index (χ0) is 20.4. The minimum absolute atomic E-state index is 0.0537. The predicted molar refractivity (Wildman–Crippen MR) is 99.8 cm³/mol. The molecule has 3 rings (SSSR count). The van der Waals surface area contributed by atoms with Crippen LogP contribution in [0.25, 0.3) is 0 Å². The van der Waals surface area contributed by atoms with E-state index in [1.807, 2.05) is 0 Å². The van der Waals surface area contributed by atoms with Crippen LogP contribution in [0.2, 0.25) is 5.02 Å². The number of carbonyl (C=O) groups excluding carboxylic acids is 1. The van der Waals surface area contributed by atoms with E-state index in [0.29, 0.717) is 31.1 Å². The normalized spacial score (nSPS) is 16.5. The Hall–Kier alpha value is -2.25. The molecule has 0 aliphatic carbocycles. The first kappa shape index (κ1) is 20.5. The van der Waals surface area contributed by atoms with Crippen molar-refractivity contribution in [2.45, 2.75) is 24.4 Å². The van der Waals surface area contributed by atoms with Gasteiger partial charge >= 0.3 is 6.18 Å². The molecule has 0 unspecified atom stereocenters. The van der Waals surface area contributed by atoms with Gasteiger partial charge in [0.05, 0.1) is 18.1 Å². The first-order valence-corrected chi connectivity index (χ1v) is 9.04. The first-order chi connectivity index (χ1) is 13.3. The quantitative estimate of drug-likeness (QED) is 0.762. The summed E-state index contributed by atoms with van der Waals surface area (Å²) in [6, 6.07) is 10.4. The summed E-state index contributed by atoms with van der Waals surface area (Å²) in [5.41, 5.74) is -1.04. The molecule has 0 saturated carbocycles. The smallest absolute Gasteiger partial charge is 0.420 e. The number of alkyl halides is 3. The molecule has 8 heteroatoms. The summed E-state index contributed by atoms with van der Waals surface area (Å²) in [4.78, 5) is 13.2. The molecule has 150 valence electrons. The Morgan fingerprint density at radius 3 is 2.36 bits per heavy atom. The Bertz CT molecular complexity index is 847. The van der Waals surface area contributed by atoms with E-state index >= 15 is 0 Å². The topological polar surface area (TPSA) is 47.6 Å². The van der Waals surface area contributed by atoms with Crippen LogP contribution in [0.15, 0.2) is 42.5 Å². The largest absolute Gasteiger partial charge is 0.496 e. The van der Waals surface area contributed by atoms with Gasteiger partial charge < -0.3 is 14.8 Å². The van der Waals surface area contributed by atoms with E-state index in [1.165, 1.54) is 19.2 Å². The lowest BCUT2D eigenvalue weighted by Crippen LogP contribution is -2.44. The van der Waals surface area contributed by atoms with Crippen molar-refractivity contribution in [2.24, 2.45) is 0 Å². The Morgan fingerprint density at radius 2 is 1.79 bits per heavy atom. The van der Waals surface area contributed by atoms with Crippen molar-refractivity contribution in [2.75, 3.05) is 25.6 Å². The first-order valence-electron chi connectivity index (χ1n) is 8.67. The molecule has 1 saturated heterocycles. The number of methoxy groups -OCH3 is 1. The number of nitrogens with one attached hydrogen (secondary N) is 1. The molecule has 28 heavy (non-hydrogen) atoms. The average Bonchev–Trinajstić information content (AvgIpc) is 2.68. The van der Waals surface area contributed by atoms with Gasteiger partial charge in [-0.3, -0.25) is 4.79 Å². The minimum Gasteiger partial charge on any atom is -0.496 e. The monoisotopic (exact) mass is 413 g/mol. The van der Waals surface area contributed by atoms with Gasteiger partial charge in [-0.1, -0.05) is 23.7 Å². The van der Waals surface area contributed by atoms with Crippen LogP contribution < -0.4 is 10.1 Å². The van der Waals surface area contributed by atoms with E-state index in [1.54, 1.807) is 24.3 Å². The lowest BCUT2D eigenvalue weighted by Gasteiger charge is -2.36. The van der Waals surface area contributed by atoms with Crippen molar-refractivity contribution in [1.29, 1.82) is 0 Å². The van der Waals surface area contributed by atoms with E-state index < -0.39 is 17.2 Å². The number of carbonyl (C=O) groups is 1. The Morgan fingerprint density at radius 1 is 1.14 bits per heavy atom. The summed E-state index contributed by atoms with van der Waals surface area (Å²) in [6.07, 6.45) is -3.76. The van der Waals surface area contributed by atoms with Gasteiger partial charge in [-0.25, -0.2) is 0 Å². The zero-order valence-corrected chi connectivity index (χ0v) is 15.9. The summed E-state index contributed by atoms with van der Waals surface area (Å²) in [5, 5.41) is 3.18. The lowest BCUT2D eigenvalue weighted by molar-refractivity contribution is -0.138. The summed E-state index contributed by atoms with van der Waals surface area (Å²) >= 11 is 5.95. The molecule has 0 bridgehead atoms. The molecule has 4 nitrogen and oxygen atoms in total. The maximum atomic E-state index is 13.3. The van der Waals surface area contributed by atoms with E-state index in [4.69, 9.17) is 21.1 Å². The minimum atomic E-state index is -4.60. The number of hydrogen-bond acceptors (Lipinski definition) is 3. The van der Waals surface area contributed by atoms with Gasteiger partial charge in [-0.05, 0) is 48.7 Å². The number of anilines is 1. The molecule has 1 N–H and O–H groups in total. The van der Waals surface area contributed by atoms with Crippen molar-refractivity contribution in [3.05, 3.63) is 58.6 Å². The van der Waals surface area contributed by atoms with Crippen LogP contribution in [-0.2, 0) is 21.1 Å². The molecule has 2 aromatic carbocycles. The Balaban J connectivity index is 1.94.